The number of carbonyl (C=O) groups is 1. The number of hydrogen-bond acceptors (Lipinski definition) is 3. The zero-order valence-corrected chi connectivity index (χ0v) is 12.9. The first-order valence-corrected chi connectivity index (χ1v) is 7.32. The van der Waals surface area contributed by atoms with E-state index in [2.05, 4.69) is 38.0 Å². The molecule has 0 radical (unpaired) electrons. The lowest BCUT2D eigenvalue weighted by molar-refractivity contribution is 0.0944. The Bertz CT molecular complexity index is 513. The van der Waals surface area contributed by atoms with Crippen molar-refractivity contribution < 1.29 is 4.79 Å². The van der Waals surface area contributed by atoms with Gasteiger partial charge < -0.3 is 11.1 Å². The van der Waals surface area contributed by atoms with E-state index in [1.54, 1.807) is 6.07 Å². The van der Waals surface area contributed by atoms with E-state index in [-0.39, 0.29) is 11.3 Å². The molecule has 0 unspecified atom stereocenters. The van der Waals surface area contributed by atoms with Crippen LogP contribution in [0.3, 0.4) is 0 Å². The maximum Gasteiger partial charge on any atom is 0.251 e. The smallest absolute Gasteiger partial charge is 0.251 e. The van der Waals surface area contributed by atoms with Gasteiger partial charge in [0.05, 0.1) is 0 Å². The fraction of sp³-hybridized carbons (Fsp3) is 0.625. The van der Waals surface area contributed by atoms with Crippen molar-refractivity contribution in [2.45, 2.75) is 52.4 Å². The van der Waals surface area contributed by atoms with Crippen molar-refractivity contribution in [2.75, 3.05) is 12.3 Å². The van der Waals surface area contributed by atoms with Crippen LogP contribution >= 0.6 is 0 Å². The molecule has 1 saturated carbocycles. The SMILES string of the molecule is CCC1(CNC(=O)c2cc(N)nc(C(C)(C)C)c2)CC1. The van der Waals surface area contributed by atoms with Crippen LogP contribution in [0.2, 0.25) is 0 Å². The maximum absolute atomic E-state index is 12.3. The summed E-state index contributed by atoms with van der Waals surface area (Å²) in [6.07, 6.45) is 3.56. The molecule has 4 heteroatoms. The van der Waals surface area contributed by atoms with Crippen molar-refractivity contribution in [3.8, 4) is 0 Å². The summed E-state index contributed by atoms with van der Waals surface area (Å²) in [5.41, 5.74) is 7.50. The molecule has 1 aromatic heterocycles. The molecule has 0 atom stereocenters. The van der Waals surface area contributed by atoms with Gasteiger partial charge in [0.1, 0.15) is 5.82 Å². The number of aromatic nitrogens is 1. The van der Waals surface area contributed by atoms with E-state index in [0.717, 1.165) is 18.7 Å². The number of nitrogens with zero attached hydrogens (tertiary/aromatic N) is 1. The van der Waals surface area contributed by atoms with E-state index in [0.29, 0.717) is 16.8 Å². The Morgan fingerprint density at radius 1 is 1.40 bits per heavy atom. The van der Waals surface area contributed by atoms with Gasteiger partial charge in [0.25, 0.3) is 5.91 Å². The second-order valence-electron chi connectivity index (χ2n) is 6.95. The van der Waals surface area contributed by atoms with Gasteiger partial charge in [0.2, 0.25) is 0 Å². The normalized spacial score (nSPS) is 16.8. The van der Waals surface area contributed by atoms with Crippen LogP contribution in [0, 0.1) is 5.41 Å². The van der Waals surface area contributed by atoms with Crippen LogP contribution in [0.1, 0.15) is 63.0 Å². The van der Waals surface area contributed by atoms with Crippen molar-refractivity contribution in [1.82, 2.24) is 10.3 Å². The summed E-state index contributed by atoms with van der Waals surface area (Å²) < 4.78 is 0. The number of nitrogens with two attached hydrogens (primary N) is 1. The molecular weight excluding hydrogens is 250 g/mol. The first-order chi connectivity index (χ1) is 9.26. The van der Waals surface area contributed by atoms with Crippen LogP contribution in [-0.4, -0.2) is 17.4 Å². The second-order valence-corrected chi connectivity index (χ2v) is 6.95. The fourth-order valence-corrected chi connectivity index (χ4v) is 2.27. The fourth-order valence-electron chi connectivity index (χ4n) is 2.27. The molecule has 1 fully saturated rings. The molecule has 0 saturated heterocycles. The second kappa shape index (κ2) is 5.08. The zero-order chi connectivity index (χ0) is 15.0. The van der Waals surface area contributed by atoms with Gasteiger partial charge in [0, 0.05) is 23.2 Å². The Balaban J connectivity index is 2.11. The number of anilines is 1. The van der Waals surface area contributed by atoms with E-state index in [4.69, 9.17) is 5.73 Å². The molecule has 1 aliphatic carbocycles. The third-order valence-electron chi connectivity index (χ3n) is 4.21. The molecule has 0 spiro atoms. The highest BCUT2D eigenvalue weighted by molar-refractivity contribution is 5.95. The van der Waals surface area contributed by atoms with E-state index in [1.807, 2.05) is 6.07 Å². The van der Waals surface area contributed by atoms with Gasteiger partial charge in [-0.25, -0.2) is 4.98 Å². The average molecular weight is 275 g/mol. The van der Waals surface area contributed by atoms with E-state index in [1.165, 1.54) is 12.8 Å². The Morgan fingerprint density at radius 3 is 2.55 bits per heavy atom. The minimum atomic E-state index is -0.120. The van der Waals surface area contributed by atoms with Gasteiger partial charge in [-0.15, -0.1) is 0 Å². The number of amides is 1. The summed E-state index contributed by atoms with van der Waals surface area (Å²) in [6.45, 7) is 9.13. The lowest BCUT2D eigenvalue weighted by atomic mass is 9.90. The van der Waals surface area contributed by atoms with Crippen molar-refractivity contribution in [3.63, 3.8) is 0 Å². The van der Waals surface area contributed by atoms with Gasteiger partial charge >= 0.3 is 0 Å². The van der Waals surface area contributed by atoms with Crippen LogP contribution in [0.25, 0.3) is 0 Å². The predicted octanol–water partition coefficient (Wildman–Crippen LogP) is 2.88. The highest BCUT2D eigenvalue weighted by atomic mass is 16.1. The molecule has 0 aliphatic heterocycles. The molecule has 3 N–H and O–H groups in total. The molecule has 1 amide bonds. The minimum Gasteiger partial charge on any atom is -0.384 e. The van der Waals surface area contributed by atoms with Gasteiger partial charge in [-0.1, -0.05) is 27.7 Å². The standard InChI is InChI=1S/C16H25N3O/c1-5-16(6-7-16)10-18-14(20)11-8-12(15(2,3)4)19-13(17)9-11/h8-9H,5-7,10H2,1-4H3,(H2,17,19)(H,18,20). The molecule has 1 aliphatic rings. The molecule has 0 aromatic carbocycles. The third-order valence-corrected chi connectivity index (χ3v) is 4.21. The summed E-state index contributed by atoms with van der Waals surface area (Å²) in [7, 11) is 0. The highest BCUT2D eigenvalue weighted by Crippen LogP contribution is 2.47. The Morgan fingerprint density at radius 2 is 2.05 bits per heavy atom. The Kier molecular flexibility index (Phi) is 3.76. The van der Waals surface area contributed by atoms with Crippen molar-refractivity contribution in [1.29, 1.82) is 0 Å². The van der Waals surface area contributed by atoms with Crippen molar-refractivity contribution >= 4 is 11.7 Å². The highest BCUT2D eigenvalue weighted by Gasteiger charge is 2.40. The number of rotatable bonds is 4. The molecule has 4 nitrogen and oxygen atoms in total. The van der Waals surface area contributed by atoms with E-state index >= 15 is 0 Å². The first kappa shape index (κ1) is 14.8. The van der Waals surface area contributed by atoms with E-state index < -0.39 is 0 Å². The summed E-state index contributed by atoms with van der Waals surface area (Å²) >= 11 is 0. The Hall–Kier alpha value is -1.58. The Labute approximate surface area is 121 Å². The van der Waals surface area contributed by atoms with Crippen molar-refractivity contribution in [3.05, 3.63) is 23.4 Å². The van der Waals surface area contributed by atoms with E-state index in [9.17, 15) is 4.79 Å². The summed E-state index contributed by atoms with van der Waals surface area (Å²) in [4.78, 5) is 16.6. The monoisotopic (exact) mass is 275 g/mol. The number of nitrogens with one attached hydrogen (secondary N) is 1. The molecule has 20 heavy (non-hydrogen) atoms. The third kappa shape index (κ3) is 3.30. The number of nitrogen functional groups attached to an aromatic ring is 1. The quantitative estimate of drug-likeness (QED) is 0.887. The lowest BCUT2D eigenvalue weighted by Crippen LogP contribution is -2.30. The number of hydrogen-bond donors (Lipinski definition) is 2. The van der Waals surface area contributed by atoms with Crippen LogP contribution < -0.4 is 11.1 Å². The zero-order valence-electron chi connectivity index (χ0n) is 12.9. The topological polar surface area (TPSA) is 68.0 Å². The van der Waals surface area contributed by atoms with Crippen LogP contribution in [0.15, 0.2) is 12.1 Å². The molecule has 2 rings (SSSR count). The minimum absolute atomic E-state index is 0.0516. The van der Waals surface area contributed by atoms with Crippen LogP contribution in [0.5, 0.6) is 0 Å². The van der Waals surface area contributed by atoms with Gasteiger partial charge in [-0.3, -0.25) is 4.79 Å². The number of carbonyl (C=O) groups excluding carboxylic acids is 1. The van der Waals surface area contributed by atoms with Crippen LogP contribution in [-0.2, 0) is 5.41 Å². The molecular formula is C16H25N3O. The maximum atomic E-state index is 12.3. The molecule has 0 bridgehead atoms. The summed E-state index contributed by atoms with van der Waals surface area (Å²) in [5, 5.41) is 3.04. The molecule has 1 heterocycles. The van der Waals surface area contributed by atoms with Crippen molar-refractivity contribution in [2.24, 2.45) is 5.41 Å². The van der Waals surface area contributed by atoms with Gasteiger partial charge in [-0.2, -0.15) is 0 Å². The largest absolute Gasteiger partial charge is 0.384 e. The lowest BCUT2D eigenvalue weighted by Gasteiger charge is -2.19. The average Bonchev–Trinajstić information content (AvgIpc) is 3.15. The molecule has 1 aromatic rings. The summed E-state index contributed by atoms with van der Waals surface area (Å²) in [6, 6.07) is 3.49. The van der Waals surface area contributed by atoms with Gasteiger partial charge in [0.15, 0.2) is 0 Å². The summed E-state index contributed by atoms with van der Waals surface area (Å²) in [5.74, 6) is 0.350. The predicted molar refractivity (Wildman–Crippen MR) is 81.6 cm³/mol. The first-order valence-electron chi connectivity index (χ1n) is 7.32. The van der Waals surface area contributed by atoms with Gasteiger partial charge in [-0.05, 0) is 36.8 Å². The van der Waals surface area contributed by atoms with Crippen LogP contribution in [0.4, 0.5) is 5.82 Å². The molecule has 110 valence electrons. The number of pyridine rings is 1.